The molecule has 48 heavy (non-hydrogen) atoms. The van der Waals surface area contributed by atoms with E-state index >= 15 is 0 Å². The number of piperidine rings is 1. The number of nitrogens with zero attached hydrogens (tertiary/aromatic N) is 2. The minimum atomic E-state index is -1.86. The molecule has 10 nitrogen and oxygen atoms in total. The van der Waals surface area contributed by atoms with Gasteiger partial charge in [0.05, 0.1) is 6.42 Å². The number of ether oxygens (including phenoxy) is 2. The van der Waals surface area contributed by atoms with E-state index in [0.29, 0.717) is 5.69 Å². The molecule has 3 rings (SSSR count). The molecule has 1 aliphatic heterocycles. The fourth-order valence-corrected chi connectivity index (χ4v) is 5.14. The maximum atomic E-state index is 14.1. The Hall–Kier alpha value is -4.49. The highest BCUT2D eigenvalue weighted by atomic mass is 19.2. The highest BCUT2D eigenvalue weighted by molar-refractivity contribution is 6.40. The summed E-state index contributed by atoms with van der Waals surface area (Å²) in [6.45, 7) is 9.66. The highest BCUT2D eigenvalue weighted by Crippen LogP contribution is 2.32. The minimum Gasteiger partial charge on any atom is -0.479 e. The second-order valence-corrected chi connectivity index (χ2v) is 13.6. The molecule has 1 fully saturated rings. The molecule has 0 aromatic heterocycles. The van der Waals surface area contributed by atoms with Gasteiger partial charge < -0.3 is 24.6 Å². The van der Waals surface area contributed by atoms with Crippen LogP contribution in [0.1, 0.15) is 66.4 Å². The van der Waals surface area contributed by atoms with Gasteiger partial charge in [-0.05, 0) is 50.7 Å². The molecular weight excluding hydrogens is 638 g/mol. The molecule has 14 heteroatoms. The average Bonchev–Trinajstić information content (AvgIpc) is 3.01. The molecule has 1 N–H and O–H groups in total. The number of ketones is 1. The van der Waals surface area contributed by atoms with Crippen molar-refractivity contribution in [1.82, 2.24) is 10.2 Å². The number of esters is 1. The molecule has 0 spiro atoms. The molecule has 0 saturated carbocycles. The fraction of sp³-hybridized carbons (Fsp3) is 0.500. The lowest BCUT2D eigenvalue weighted by Crippen LogP contribution is -2.51. The van der Waals surface area contributed by atoms with Crippen LogP contribution in [0.25, 0.3) is 0 Å². The number of carbonyl (C=O) groups excluding carboxylic acids is 5. The molecule has 1 aliphatic rings. The number of para-hydroxylation sites is 1. The lowest BCUT2D eigenvalue weighted by atomic mass is 9.85. The summed E-state index contributed by atoms with van der Waals surface area (Å²) in [6, 6.07) is 5.65. The Morgan fingerprint density at radius 1 is 0.938 bits per heavy atom. The lowest BCUT2D eigenvalue weighted by Gasteiger charge is -2.33. The van der Waals surface area contributed by atoms with E-state index in [-0.39, 0.29) is 37.4 Å². The van der Waals surface area contributed by atoms with E-state index in [1.54, 1.807) is 32.9 Å². The minimum absolute atomic E-state index is 0.0238. The van der Waals surface area contributed by atoms with E-state index < -0.39 is 89.1 Å². The largest absolute Gasteiger partial charge is 0.479 e. The number of hydrogen-bond donors (Lipinski definition) is 1. The molecule has 0 aliphatic carbocycles. The van der Waals surface area contributed by atoms with E-state index in [0.717, 1.165) is 5.56 Å². The molecule has 1 heterocycles. The highest BCUT2D eigenvalue weighted by Gasteiger charge is 2.35. The maximum absolute atomic E-state index is 14.1. The molecule has 0 radical (unpaired) electrons. The Morgan fingerprint density at radius 3 is 2.04 bits per heavy atom. The first-order valence-corrected chi connectivity index (χ1v) is 15.4. The Labute approximate surface area is 276 Å². The van der Waals surface area contributed by atoms with Gasteiger partial charge in [-0.2, -0.15) is 8.78 Å². The van der Waals surface area contributed by atoms with Crippen LogP contribution in [0.4, 0.5) is 23.2 Å². The van der Waals surface area contributed by atoms with Crippen molar-refractivity contribution in [2.45, 2.75) is 77.9 Å². The van der Waals surface area contributed by atoms with Crippen molar-refractivity contribution in [3.63, 3.8) is 0 Å². The van der Waals surface area contributed by atoms with Crippen molar-refractivity contribution in [3.8, 4) is 5.75 Å². The second kappa shape index (κ2) is 15.2. The Bertz CT molecular complexity index is 1530. The first kappa shape index (κ1) is 38.0. The first-order valence-electron chi connectivity index (χ1n) is 15.4. The van der Waals surface area contributed by atoms with Crippen molar-refractivity contribution < 1.29 is 51.0 Å². The fourth-order valence-electron chi connectivity index (χ4n) is 5.14. The standard InChI is InChI=1S/C34H41F4N3O7/c1-33(2,3)20-10-8-9-11-24(20)40(7)31(45)32(46)41-14-12-19(13-15-41)30(44)39-23(17-26(43)48-34(4,5)6)25(42)18-47-29-27(37)21(35)16-22(36)28(29)38/h8-11,16,19,23H,12-15,17-18H2,1-7H3,(H,39,44)/t23-/m0/s1. The molecular formula is C34H41F4N3O7. The summed E-state index contributed by atoms with van der Waals surface area (Å²) in [5.74, 6) is -13.5. The third-order valence-corrected chi connectivity index (χ3v) is 7.64. The van der Waals surface area contributed by atoms with Gasteiger partial charge in [0.1, 0.15) is 18.2 Å². The van der Waals surface area contributed by atoms with Crippen LogP contribution in [0.5, 0.6) is 5.75 Å². The van der Waals surface area contributed by atoms with Crippen LogP contribution in [-0.2, 0) is 34.1 Å². The van der Waals surface area contributed by atoms with Crippen LogP contribution in [0, 0.1) is 29.2 Å². The lowest BCUT2D eigenvalue weighted by molar-refractivity contribution is -0.156. The molecule has 0 bridgehead atoms. The summed E-state index contributed by atoms with van der Waals surface area (Å²) in [6.07, 6.45) is -0.437. The number of nitrogens with one attached hydrogen (secondary N) is 1. The van der Waals surface area contributed by atoms with E-state index in [1.807, 2.05) is 32.9 Å². The van der Waals surface area contributed by atoms with E-state index in [1.165, 1.54) is 16.8 Å². The van der Waals surface area contributed by atoms with Gasteiger partial charge in [0, 0.05) is 37.8 Å². The average molecular weight is 680 g/mol. The summed E-state index contributed by atoms with van der Waals surface area (Å²) < 4.78 is 65.3. The van der Waals surface area contributed by atoms with Crippen molar-refractivity contribution >= 4 is 35.2 Å². The van der Waals surface area contributed by atoms with Crippen LogP contribution >= 0.6 is 0 Å². The SMILES string of the molecule is CN(C(=O)C(=O)N1CCC(C(=O)N[C@@H](CC(=O)OC(C)(C)C)C(=O)COc2c(F)c(F)cc(F)c2F)CC1)c1ccccc1C(C)(C)C. The second-order valence-electron chi connectivity index (χ2n) is 13.6. The van der Waals surface area contributed by atoms with Gasteiger partial charge in [0.15, 0.2) is 23.2 Å². The van der Waals surface area contributed by atoms with Crippen LogP contribution in [0.15, 0.2) is 30.3 Å². The predicted octanol–water partition coefficient (Wildman–Crippen LogP) is 4.61. The smallest absolute Gasteiger partial charge is 0.316 e. The Balaban J connectivity index is 1.67. The molecule has 262 valence electrons. The number of likely N-dealkylation sites (N-methyl/N-ethyl adjacent to an activating group) is 1. The number of benzene rings is 2. The van der Waals surface area contributed by atoms with Crippen molar-refractivity contribution in [2.75, 3.05) is 31.6 Å². The number of hydrogen-bond acceptors (Lipinski definition) is 7. The molecule has 0 unspecified atom stereocenters. The van der Waals surface area contributed by atoms with Crippen molar-refractivity contribution in [3.05, 3.63) is 59.2 Å². The van der Waals surface area contributed by atoms with Gasteiger partial charge in [-0.3, -0.25) is 24.0 Å². The van der Waals surface area contributed by atoms with Crippen LogP contribution in [0.3, 0.4) is 0 Å². The zero-order valence-electron chi connectivity index (χ0n) is 28.0. The maximum Gasteiger partial charge on any atom is 0.316 e. The van der Waals surface area contributed by atoms with Crippen molar-refractivity contribution in [2.24, 2.45) is 5.92 Å². The van der Waals surface area contributed by atoms with Gasteiger partial charge >= 0.3 is 17.8 Å². The summed E-state index contributed by atoms with van der Waals surface area (Å²) in [4.78, 5) is 67.8. The zero-order chi connectivity index (χ0) is 36.1. The number of Topliss-reactive ketones (excluding diaryl/α,β-unsaturated/α-hetero) is 1. The predicted molar refractivity (Wildman–Crippen MR) is 167 cm³/mol. The third-order valence-electron chi connectivity index (χ3n) is 7.64. The number of halogens is 4. The van der Waals surface area contributed by atoms with Crippen LogP contribution < -0.4 is 15.0 Å². The molecule has 2 aromatic rings. The van der Waals surface area contributed by atoms with E-state index in [2.05, 4.69) is 5.32 Å². The normalized spacial score (nSPS) is 14.6. The number of anilines is 1. The monoisotopic (exact) mass is 679 g/mol. The number of carbonyl (C=O) groups is 5. The molecule has 2 aromatic carbocycles. The van der Waals surface area contributed by atoms with E-state index in [4.69, 9.17) is 9.47 Å². The first-order chi connectivity index (χ1) is 22.2. The third kappa shape index (κ3) is 9.54. The van der Waals surface area contributed by atoms with Gasteiger partial charge in [-0.25, -0.2) is 8.78 Å². The topological polar surface area (TPSA) is 122 Å². The zero-order valence-corrected chi connectivity index (χ0v) is 28.0. The molecule has 3 amide bonds. The summed E-state index contributed by atoms with van der Waals surface area (Å²) in [5, 5.41) is 2.43. The summed E-state index contributed by atoms with van der Waals surface area (Å²) in [5.41, 5.74) is 0.230. The molecule has 1 saturated heterocycles. The summed E-state index contributed by atoms with van der Waals surface area (Å²) >= 11 is 0. The Kier molecular flexibility index (Phi) is 12.0. The summed E-state index contributed by atoms with van der Waals surface area (Å²) in [7, 11) is 1.52. The number of likely N-dealkylation sites (tertiary alicyclic amines) is 1. The molecule has 1 atom stereocenters. The quantitative estimate of drug-likeness (QED) is 0.178. The number of rotatable bonds is 9. The van der Waals surface area contributed by atoms with Gasteiger partial charge in [0.25, 0.3) is 0 Å². The number of amides is 3. The van der Waals surface area contributed by atoms with Gasteiger partial charge in [-0.15, -0.1) is 0 Å². The van der Waals surface area contributed by atoms with Gasteiger partial charge in [-0.1, -0.05) is 39.0 Å². The van der Waals surface area contributed by atoms with Gasteiger partial charge in [0.2, 0.25) is 17.5 Å². The Morgan fingerprint density at radius 2 is 1.50 bits per heavy atom. The van der Waals surface area contributed by atoms with E-state index in [9.17, 15) is 41.5 Å². The van der Waals surface area contributed by atoms with Crippen molar-refractivity contribution in [1.29, 1.82) is 0 Å². The van der Waals surface area contributed by atoms with Crippen LogP contribution in [-0.4, -0.2) is 72.8 Å². The van der Waals surface area contributed by atoms with Crippen LogP contribution in [0.2, 0.25) is 0 Å².